The zero-order valence-electron chi connectivity index (χ0n) is 17.1. The Hall–Kier alpha value is -4.00. The first kappa shape index (κ1) is 19.9. The Bertz CT molecular complexity index is 1410. The largest absolute Gasteiger partial charge is 0.325 e. The van der Waals surface area contributed by atoms with E-state index in [9.17, 15) is 14.4 Å². The van der Waals surface area contributed by atoms with E-state index in [0.717, 1.165) is 9.91 Å². The van der Waals surface area contributed by atoms with Crippen LogP contribution in [0, 0.1) is 0 Å². The minimum Gasteiger partial charge on any atom is -0.319 e. The summed E-state index contributed by atoms with van der Waals surface area (Å²) in [6.45, 7) is 3.44. The lowest BCUT2D eigenvalue weighted by Gasteiger charge is -2.22. The summed E-state index contributed by atoms with van der Waals surface area (Å²) in [5, 5.41) is 18.8. The van der Waals surface area contributed by atoms with Crippen molar-refractivity contribution in [3.8, 4) is 5.69 Å². The van der Waals surface area contributed by atoms with Gasteiger partial charge < -0.3 is 5.32 Å². The van der Waals surface area contributed by atoms with Crippen molar-refractivity contribution in [2.45, 2.75) is 32.4 Å². The van der Waals surface area contributed by atoms with Crippen LogP contribution in [0.1, 0.15) is 30.1 Å². The van der Waals surface area contributed by atoms with E-state index in [1.807, 2.05) is 6.92 Å². The van der Waals surface area contributed by atoms with E-state index in [2.05, 4.69) is 30.9 Å². The van der Waals surface area contributed by atoms with Gasteiger partial charge in [-0.25, -0.2) is 14.5 Å². The molecule has 12 nitrogen and oxygen atoms in total. The molecule has 0 aliphatic carbocycles. The summed E-state index contributed by atoms with van der Waals surface area (Å²) in [5.74, 6) is -0.447. The number of amides is 3. The second-order valence-electron chi connectivity index (χ2n) is 7.38. The molecule has 5 rings (SSSR count). The number of fused-ring (bicyclic) bond motifs is 1. The molecule has 1 N–H and O–H groups in total. The molecule has 3 amide bonds. The molecule has 3 aromatic heterocycles. The van der Waals surface area contributed by atoms with Crippen molar-refractivity contribution in [1.82, 2.24) is 45.0 Å². The summed E-state index contributed by atoms with van der Waals surface area (Å²) in [6, 6.07) is 7.75. The fourth-order valence-corrected chi connectivity index (χ4v) is 4.41. The summed E-state index contributed by atoms with van der Waals surface area (Å²) in [4.78, 5) is 44.4. The third-order valence-corrected chi connectivity index (χ3v) is 6.33. The lowest BCUT2D eigenvalue weighted by atomic mass is 9.91. The van der Waals surface area contributed by atoms with Gasteiger partial charge in [0.05, 0.1) is 17.9 Å². The molecule has 1 aliphatic heterocycles. The number of imide groups is 1. The van der Waals surface area contributed by atoms with Gasteiger partial charge in [-0.1, -0.05) is 30.4 Å². The van der Waals surface area contributed by atoms with Gasteiger partial charge in [0.15, 0.2) is 0 Å². The van der Waals surface area contributed by atoms with E-state index in [1.165, 1.54) is 32.9 Å². The number of aryl methyl sites for hydroxylation is 1. The number of rotatable bonds is 5. The van der Waals surface area contributed by atoms with Crippen LogP contribution in [-0.2, 0) is 23.3 Å². The standard InChI is InChI=1S/C19H17N9O3S/c1-3-14-23-28-15(29)8-12(21-18(28)32-14)9-26-16(30)19(2,22-17(26)31)11-5-4-6-13(7-11)27-10-20-24-25-27/h4-8,10H,3,9H2,1-2H3,(H,22,31)/t19-/m1/s1. The fourth-order valence-electron chi connectivity index (χ4n) is 3.56. The van der Waals surface area contributed by atoms with Gasteiger partial charge in [0, 0.05) is 6.07 Å². The fraction of sp³-hybridized carbons (Fsp3) is 0.263. The highest BCUT2D eigenvalue weighted by Crippen LogP contribution is 2.30. The Labute approximate surface area is 184 Å². The first-order valence-corrected chi connectivity index (χ1v) is 10.6. The molecule has 1 aromatic carbocycles. The highest BCUT2D eigenvalue weighted by Gasteiger charge is 2.49. The van der Waals surface area contributed by atoms with Crippen molar-refractivity contribution in [1.29, 1.82) is 0 Å². The van der Waals surface area contributed by atoms with Crippen molar-refractivity contribution in [2.75, 3.05) is 0 Å². The number of nitrogens with zero attached hydrogens (tertiary/aromatic N) is 8. The Morgan fingerprint density at radius 1 is 1.19 bits per heavy atom. The molecule has 13 heteroatoms. The van der Waals surface area contributed by atoms with Crippen LogP contribution in [0.5, 0.6) is 0 Å². The molecule has 1 fully saturated rings. The Morgan fingerprint density at radius 2 is 2.03 bits per heavy atom. The van der Waals surface area contributed by atoms with Crippen molar-refractivity contribution >= 4 is 28.2 Å². The summed E-state index contributed by atoms with van der Waals surface area (Å²) in [6.07, 6.45) is 2.12. The van der Waals surface area contributed by atoms with Crippen LogP contribution in [0.15, 0.2) is 41.5 Å². The highest BCUT2D eigenvalue weighted by atomic mass is 32.1. The zero-order chi connectivity index (χ0) is 22.5. The second-order valence-corrected chi connectivity index (χ2v) is 8.42. The van der Waals surface area contributed by atoms with Crippen LogP contribution in [0.3, 0.4) is 0 Å². The molecule has 1 atom stereocenters. The summed E-state index contributed by atoms with van der Waals surface area (Å²) in [5.41, 5.74) is -0.113. The Kier molecular flexibility index (Phi) is 4.55. The molecule has 1 aliphatic rings. The van der Waals surface area contributed by atoms with Crippen molar-refractivity contribution < 1.29 is 9.59 Å². The third-order valence-electron chi connectivity index (χ3n) is 5.27. The summed E-state index contributed by atoms with van der Waals surface area (Å²) >= 11 is 1.30. The molecule has 162 valence electrons. The molecule has 4 heterocycles. The predicted molar refractivity (Wildman–Crippen MR) is 112 cm³/mol. The van der Waals surface area contributed by atoms with Gasteiger partial charge in [0.25, 0.3) is 11.5 Å². The molecule has 4 aromatic rings. The zero-order valence-corrected chi connectivity index (χ0v) is 17.9. The number of hydrogen-bond donors (Lipinski definition) is 1. The van der Waals surface area contributed by atoms with Gasteiger partial charge in [0.2, 0.25) is 4.96 Å². The van der Waals surface area contributed by atoms with Crippen molar-refractivity contribution in [3.63, 3.8) is 0 Å². The lowest BCUT2D eigenvalue weighted by Crippen LogP contribution is -2.41. The number of urea groups is 1. The molecule has 0 saturated carbocycles. The van der Waals surface area contributed by atoms with Crippen LogP contribution in [0.25, 0.3) is 10.6 Å². The molecule has 1 saturated heterocycles. The Balaban J connectivity index is 1.46. The Morgan fingerprint density at radius 3 is 2.78 bits per heavy atom. The number of hydrogen-bond acceptors (Lipinski definition) is 9. The maximum Gasteiger partial charge on any atom is 0.325 e. The van der Waals surface area contributed by atoms with E-state index in [0.29, 0.717) is 28.3 Å². The molecule has 0 radical (unpaired) electrons. The van der Waals surface area contributed by atoms with Gasteiger partial charge in [-0.15, -0.1) is 5.10 Å². The topological polar surface area (TPSA) is 140 Å². The number of benzene rings is 1. The maximum atomic E-state index is 13.3. The van der Waals surface area contributed by atoms with E-state index in [-0.39, 0.29) is 12.1 Å². The minimum atomic E-state index is -1.29. The normalized spacial score (nSPS) is 18.5. The highest BCUT2D eigenvalue weighted by molar-refractivity contribution is 7.16. The van der Waals surface area contributed by atoms with E-state index in [4.69, 9.17) is 0 Å². The van der Waals surface area contributed by atoms with Crippen LogP contribution in [0.4, 0.5) is 4.79 Å². The van der Waals surface area contributed by atoms with Crippen LogP contribution < -0.4 is 10.9 Å². The molecule has 0 unspecified atom stereocenters. The SMILES string of the molecule is CCc1nn2c(=O)cc(CN3C(=O)N[C@](C)(c4cccc(-n5cnnn5)c4)C3=O)nc2s1. The van der Waals surface area contributed by atoms with Crippen molar-refractivity contribution in [2.24, 2.45) is 0 Å². The molecule has 0 spiro atoms. The first-order valence-electron chi connectivity index (χ1n) is 9.76. The third kappa shape index (κ3) is 3.13. The molecule has 32 heavy (non-hydrogen) atoms. The monoisotopic (exact) mass is 451 g/mol. The average Bonchev–Trinajstić information content (AvgIpc) is 3.50. The number of aromatic nitrogens is 7. The number of carbonyl (C=O) groups excluding carboxylic acids is 2. The summed E-state index contributed by atoms with van der Waals surface area (Å²) < 4.78 is 2.69. The first-order chi connectivity index (χ1) is 15.4. The smallest absolute Gasteiger partial charge is 0.319 e. The number of carbonyl (C=O) groups is 2. The lowest BCUT2D eigenvalue weighted by molar-refractivity contribution is -0.131. The van der Waals surface area contributed by atoms with E-state index in [1.54, 1.807) is 31.2 Å². The second kappa shape index (κ2) is 7.30. The van der Waals surface area contributed by atoms with Crippen LogP contribution >= 0.6 is 11.3 Å². The van der Waals surface area contributed by atoms with Gasteiger partial charge >= 0.3 is 6.03 Å². The minimum absolute atomic E-state index is 0.127. The van der Waals surface area contributed by atoms with Gasteiger partial charge in [-0.3, -0.25) is 14.5 Å². The average molecular weight is 451 g/mol. The predicted octanol–water partition coefficient (Wildman–Crippen LogP) is 0.656. The van der Waals surface area contributed by atoms with Gasteiger partial charge in [0.1, 0.15) is 16.9 Å². The van der Waals surface area contributed by atoms with Crippen LogP contribution in [-0.4, -0.2) is 51.6 Å². The maximum absolute atomic E-state index is 13.3. The molecular weight excluding hydrogens is 434 g/mol. The molecular formula is C19H17N9O3S. The summed E-state index contributed by atoms with van der Waals surface area (Å²) in [7, 11) is 0. The van der Waals surface area contributed by atoms with Gasteiger partial charge in [-0.05, 0) is 41.5 Å². The quantitative estimate of drug-likeness (QED) is 0.436. The number of nitrogens with one attached hydrogen (secondary N) is 1. The molecule has 0 bridgehead atoms. The van der Waals surface area contributed by atoms with Gasteiger partial charge in [-0.2, -0.15) is 9.61 Å². The van der Waals surface area contributed by atoms with Crippen molar-refractivity contribution in [3.05, 3.63) is 63.3 Å². The van der Waals surface area contributed by atoms with E-state index < -0.39 is 17.5 Å². The number of tetrazole rings is 1. The van der Waals surface area contributed by atoms with Crippen LogP contribution in [0.2, 0.25) is 0 Å². The van der Waals surface area contributed by atoms with E-state index >= 15 is 0 Å².